The van der Waals surface area contributed by atoms with Crippen molar-refractivity contribution in [3.05, 3.63) is 77.6 Å². The van der Waals surface area contributed by atoms with Crippen molar-refractivity contribution in [1.29, 1.82) is 0 Å². The average Bonchev–Trinajstić information content (AvgIpc) is 3.17. The molecule has 4 aromatic rings. The van der Waals surface area contributed by atoms with E-state index in [0.29, 0.717) is 5.82 Å². The number of thiophene rings is 1. The highest BCUT2D eigenvalue weighted by Crippen LogP contribution is 2.29. The Kier molecular flexibility index (Phi) is 4.41. The molecule has 2 heterocycles. The molecule has 0 atom stereocenters. The molecule has 2 aromatic heterocycles. The number of hydrazone groups is 1. The van der Waals surface area contributed by atoms with Crippen molar-refractivity contribution in [2.75, 3.05) is 5.43 Å². The number of benzene rings is 2. The first-order valence-electron chi connectivity index (χ1n) is 8.07. The molecule has 0 aliphatic rings. The third-order valence-corrected chi connectivity index (χ3v) is 5.23. The summed E-state index contributed by atoms with van der Waals surface area (Å²) in [6, 6.07) is 18.4. The summed E-state index contributed by atoms with van der Waals surface area (Å²) in [5, 5.41) is 14.6. The van der Waals surface area contributed by atoms with Gasteiger partial charge in [-0.15, -0.1) is 16.4 Å². The molecule has 0 saturated carbocycles. The van der Waals surface area contributed by atoms with E-state index in [1.807, 2.05) is 43.3 Å². The largest absolute Gasteiger partial charge is 0.259 e. The third kappa shape index (κ3) is 3.32. The highest BCUT2D eigenvalue weighted by atomic mass is 32.1. The molecule has 1 N–H and O–H groups in total. The van der Waals surface area contributed by atoms with Crippen LogP contribution in [0.4, 0.5) is 10.2 Å². The van der Waals surface area contributed by atoms with E-state index in [0.717, 1.165) is 31.8 Å². The van der Waals surface area contributed by atoms with Crippen molar-refractivity contribution in [2.45, 2.75) is 6.92 Å². The molecule has 26 heavy (non-hydrogen) atoms. The Hall–Kier alpha value is -3.12. The normalized spacial score (nSPS) is 11.7. The molecule has 0 aliphatic carbocycles. The molecule has 2 aromatic carbocycles. The molecule has 0 bridgehead atoms. The predicted molar refractivity (Wildman–Crippen MR) is 105 cm³/mol. The van der Waals surface area contributed by atoms with Crippen LogP contribution >= 0.6 is 11.3 Å². The topological polar surface area (TPSA) is 50.2 Å². The van der Waals surface area contributed by atoms with Gasteiger partial charge in [0.25, 0.3) is 0 Å². The van der Waals surface area contributed by atoms with E-state index in [9.17, 15) is 4.39 Å². The molecule has 128 valence electrons. The second-order valence-electron chi connectivity index (χ2n) is 5.76. The fourth-order valence-electron chi connectivity index (χ4n) is 2.60. The molecule has 0 unspecified atom stereocenters. The summed E-state index contributed by atoms with van der Waals surface area (Å²) in [6.07, 6.45) is 1.73. The Morgan fingerprint density at radius 2 is 1.85 bits per heavy atom. The van der Waals surface area contributed by atoms with E-state index < -0.39 is 0 Å². The minimum absolute atomic E-state index is 0.233. The van der Waals surface area contributed by atoms with Gasteiger partial charge in [-0.25, -0.2) is 4.39 Å². The molecular formula is C20H15FN4S. The first-order valence-corrected chi connectivity index (χ1v) is 8.89. The standard InChI is InChI=1S/C20H15FN4S/c1-13(18-10-11-19(26-18)14-6-8-16(21)9-7-14)23-25-20-17-5-3-2-4-15(17)12-22-24-20/h2-12H,1H3,(H,24,25). The third-order valence-electron chi connectivity index (χ3n) is 3.99. The molecule has 4 nitrogen and oxygen atoms in total. The van der Waals surface area contributed by atoms with E-state index in [4.69, 9.17) is 0 Å². The fourth-order valence-corrected chi connectivity index (χ4v) is 3.56. The minimum atomic E-state index is -0.233. The number of halogens is 1. The maximum absolute atomic E-state index is 13.1. The van der Waals surface area contributed by atoms with Gasteiger partial charge in [0.2, 0.25) is 0 Å². The van der Waals surface area contributed by atoms with Crippen LogP contribution in [-0.4, -0.2) is 15.9 Å². The maximum atomic E-state index is 13.1. The van der Waals surface area contributed by atoms with Crippen LogP contribution in [0, 0.1) is 5.82 Å². The summed E-state index contributed by atoms with van der Waals surface area (Å²) in [4.78, 5) is 2.10. The van der Waals surface area contributed by atoms with Crippen LogP contribution in [0.2, 0.25) is 0 Å². The predicted octanol–water partition coefficient (Wildman–Crippen LogP) is 5.33. The quantitative estimate of drug-likeness (QED) is 0.394. The summed E-state index contributed by atoms with van der Waals surface area (Å²) >= 11 is 1.61. The van der Waals surface area contributed by atoms with Gasteiger partial charge < -0.3 is 0 Å². The van der Waals surface area contributed by atoms with Crippen LogP contribution in [0.15, 0.2) is 72.0 Å². The zero-order chi connectivity index (χ0) is 17.9. The monoisotopic (exact) mass is 362 g/mol. The Morgan fingerprint density at radius 3 is 2.69 bits per heavy atom. The lowest BCUT2D eigenvalue weighted by Crippen LogP contribution is -2.00. The van der Waals surface area contributed by atoms with E-state index in [2.05, 4.69) is 20.7 Å². The van der Waals surface area contributed by atoms with Crippen molar-refractivity contribution in [3.8, 4) is 10.4 Å². The van der Waals surface area contributed by atoms with Crippen LogP contribution in [0.1, 0.15) is 11.8 Å². The van der Waals surface area contributed by atoms with E-state index in [-0.39, 0.29) is 5.82 Å². The van der Waals surface area contributed by atoms with Crippen LogP contribution in [0.25, 0.3) is 21.2 Å². The summed E-state index contributed by atoms with van der Waals surface area (Å²) in [7, 11) is 0. The van der Waals surface area contributed by atoms with Gasteiger partial charge in [0.15, 0.2) is 5.82 Å². The van der Waals surface area contributed by atoms with Gasteiger partial charge in [-0.3, -0.25) is 5.43 Å². The Bertz CT molecular complexity index is 1080. The highest BCUT2D eigenvalue weighted by molar-refractivity contribution is 7.17. The fraction of sp³-hybridized carbons (Fsp3) is 0.0500. The van der Waals surface area contributed by atoms with Crippen LogP contribution in [0.5, 0.6) is 0 Å². The average molecular weight is 362 g/mol. The molecule has 0 amide bonds. The molecule has 0 saturated heterocycles. The van der Waals surface area contributed by atoms with Crippen molar-refractivity contribution in [1.82, 2.24) is 10.2 Å². The van der Waals surface area contributed by atoms with Crippen molar-refractivity contribution in [2.24, 2.45) is 5.10 Å². The van der Waals surface area contributed by atoms with E-state index in [1.165, 1.54) is 12.1 Å². The molecule has 0 spiro atoms. The van der Waals surface area contributed by atoms with Crippen molar-refractivity contribution in [3.63, 3.8) is 0 Å². The van der Waals surface area contributed by atoms with Gasteiger partial charge in [0.1, 0.15) is 5.82 Å². The van der Waals surface area contributed by atoms with Crippen LogP contribution in [-0.2, 0) is 0 Å². The summed E-state index contributed by atoms with van der Waals surface area (Å²) in [5.74, 6) is 0.390. The summed E-state index contributed by atoms with van der Waals surface area (Å²) in [6.45, 7) is 1.94. The summed E-state index contributed by atoms with van der Waals surface area (Å²) < 4.78 is 13.1. The smallest absolute Gasteiger partial charge is 0.176 e. The zero-order valence-corrected chi connectivity index (χ0v) is 14.8. The van der Waals surface area contributed by atoms with Gasteiger partial charge in [-0.1, -0.05) is 36.4 Å². The minimum Gasteiger partial charge on any atom is -0.259 e. The number of anilines is 1. The highest BCUT2D eigenvalue weighted by Gasteiger charge is 2.07. The van der Waals surface area contributed by atoms with Gasteiger partial charge in [-0.2, -0.15) is 10.2 Å². The van der Waals surface area contributed by atoms with Gasteiger partial charge >= 0.3 is 0 Å². The first kappa shape index (κ1) is 16.4. The van der Waals surface area contributed by atoms with Gasteiger partial charge in [0.05, 0.1) is 16.8 Å². The second kappa shape index (κ2) is 7.01. The molecule has 0 aliphatic heterocycles. The second-order valence-corrected chi connectivity index (χ2v) is 6.84. The zero-order valence-electron chi connectivity index (χ0n) is 14.0. The Morgan fingerprint density at radius 1 is 1.04 bits per heavy atom. The Balaban J connectivity index is 1.57. The number of nitrogens with zero attached hydrogens (tertiary/aromatic N) is 3. The number of rotatable bonds is 4. The molecule has 0 radical (unpaired) electrons. The molecule has 0 fully saturated rings. The van der Waals surface area contributed by atoms with Crippen LogP contribution in [0.3, 0.4) is 0 Å². The first-order chi connectivity index (χ1) is 12.7. The summed E-state index contributed by atoms with van der Waals surface area (Å²) in [5.41, 5.74) is 4.85. The van der Waals surface area contributed by atoms with Crippen LogP contribution < -0.4 is 5.43 Å². The lowest BCUT2D eigenvalue weighted by atomic mass is 10.2. The van der Waals surface area contributed by atoms with E-state index >= 15 is 0 Å². The number of aromatic nitrogens is 2. The van der Waals surface area contributed by atoms with Gasteiger partial charge in [-0.05, 0) is 36.8 Å². The number of fused-ring (bicyclic) bond motifs is 1. The lowest BCUT2D eigenvalue weighted by molar-refractivity contribution is 0.628. The molecule has 4 rings (SSSR count). The number of hydrogen-bond donors (Lipinski definition) is 1. The van der Waals surface area contributed by atoms with Crippen molar-refractivity contribution >= 4 is 33.6 Å². The van der Waals surface area contributed by atoms with E-state index in [1.54, 1.807) is 29.7 Å². The maximum Gasteiger partial charge on any atom is 0.176 e. The number of nitrogens with one attached hydrogen (secondary N) is 1. The molecule has 6 heteroatoms. The van der Waals surface area contributed by atoms with Gasteiger partial charge in [0, 0.05) is 15.6 Å². The molecular weight excluding hydrogens is 347 g/mol. The lowest BCUT2D eigenvalue weighted by Gasteiger charge is -2.04. The SMILES string of the molecule is CC(=NNc1nncc2ccccc12)c1ccc(-c2ccc(F)cc2)s1. The Labute approximate surface area is 154 Å². The number of hydrogen-bond acceptors (Lipinski definition) is 5. The van der Waals surface area contributed by atoms with Crippen molar-refractivity contribution < 1.29 is 4.39 Å².